The van der Waals surface area contributed by atoms with Gasteiger partial charge in [0.05, 0.1) is 11.4 Å². The molecule has 0 bridgehead atoms. The van der Waals surface area contributed by atoms with Crippen molar-refractivity contribution in [3.8, 4) is 0 Å². The monoisotopic (exact) mass is 339 g/mol. The van der Waals surface area contributed by atoms with Crippen LogP contribution in [0, 0.1) is 6.92 Å². The van der Waals surface area contributed by atoms with E-state index in [9.17, 15) is 9.59 Å². The predicted octanol–water partition coefficient (Wildman–Crippen LogP) is 2.60. The molecule has 22 heavy (non-hydrogen) atoms. The fourth-order valence-corrected chi connectivity index (χ4v) is 3.80. The van der Waals surface area contributed by atoms with Crippen LogP contribution in [-0.4, -0.2) is 27.1 Å². The number of carbonyl (C=O) groups excluding carboxylic acids is 1. The van der Waals surface area contributed by atoms with Crippen LogP contribution in [0.15, 0.2) is 16.2 Å². The second kappa shape index (κ2) is 7.78. The molecule has 0 saturated carbocycles. The van der Waals surface area contributed by atoms with E-state index in [4.69, 9.17) is 0 Å². The van der Waals surface area contributed by atoms with Crippen LogP contribution in [0.25, 0.3) is 4.96 Å². The van der Waals surface area contributed by atoms with Gasteiger partial charge >= 0.3 is 0 Å². The molecule has 0 aromatic carbocycles. The van der Waals surface area contributed by atoms with E-state index in [0.717, 1.165) is 24.2 Å². The Labute approximate surface area is 138 Å². The number of rotatable bonds is 7. The van der Waals surface area contributed by atoms with Crippen LogP contribution < -0.4 is 10.9 Å². The molecule has 2 aromatic heterocycles. The van der Waals surface area contributed by atoms with E-state index < -0.39 is 0 Å². The van der Waals surface area contributed by atoms with Gasteiger partial charge in [-0.05, 0) is 19.8 Å². The fourth-order valence-electron chi connectivity index (χ4n) is 2.19. The Morgan fingerprint density at radius 1 is 1.45 bits per heavy atom. The van der Waals surface area contributed by atoms with Gasteiger partial charge in [0.25, 0.3) is 5.56 Å². The second-order valence-electron chi connectivity index (χ2n) is 5.15. The van der Waals surface area contributed by atoms with Crippen molar-refractivity contribution < 1.29 is 4.79 Å². The molecule has 7 heteroatoms. The molecule has 0 radical (unpaired) electrons. The van der Waals surface area contributed by atoms with Crippen LogP contribution in [0.1, 0.15) is 38.1 Å². The highest BCUT2D eigenvalue weighted by atomic mass is 32.2. The third kappa shape index (κ3) is 4.10. The lowest BCUT2D eigenvalue weighted by Gasteiger charge is -2.14. The largest absolute Gasteiger partial charge is 0.353 e. The van der Waals surface area contributed by atoms with E-state index in [-0.39, 0.29) is 17.5 Å². The molecule has 0 unspecified atom stereocenters. The maximum absolute atomic E-state index is 12.0. The van der Waals surface area contributed by atoms with Crippen molar-refractivity contribution in [2.24, 2.45) is 0 Å². The van der Waals surface area contributed by atoms with Crippen LogP contribution in [0.4, 0.5) is 0 Å². The zero-order valence-electron chi connectivity index (χ0n) is 13.1. The first kappa shape index (κ1) is 17.0. The molecule has 1 N–H and O–H groups in total. The van der Waals surface area contributed by atoms with E-state index in [1.807, 2.05) is 12.3 Å². The van der Waals surface area contributed by atoms with Crippen molar-refractivity contribution in [1.29, 1.82) is 0 Å². The molecule has 1 amide bonds. The summed E-state index contributed by atoms with van der Waals surface area (Å²) in [6, 6.07) is 1.81. The zero-order chi connectivity index (χ0) is 16.1. The minimum atomic E-state index is -0.0548. The van der Waals surface area contributed by atoms with Crippen LogP contribution in [0.3, 0.4) is 0 Å². The first-order chi connectivity index (χ1) is 10.5. The maximum atomic E-state index is 12.0. The molecular weight excluding hydrogens is 318 g/mol. The zero-order valence-corrected chi connectivity index (χ0v) is 14.7. The van der Waals surface area contributed by atoms with Crippen LogP contribution >= 0.6 is 23.1 Å². The molecule has 0 spiro atoms. The van der Waals surface area contributed by atoms with Crippen LogP contribution in [-0.2, 0) is 10.5 Å². The Bertz CT molecular complexity index is 704. The first-order valence-corrected chi connectivity index (χ1v) is 9.42. The first-order valence-electron chi connectivity index (χ1n) is 7.39. The summed E-state index contributed by atoms with van der Waals surface area (Å²) < 4.78 is 1.61. The van der Waals surface area contributed by atoms with Crippen molar-refractivity contribution in [2.45, 2.75) is 45.4 Å². The van der Waals surface area contributed by atoms with Crippen LogP contribution in [0.2, 0.25) is 0 Å². The quantitative estimate of drug-likeness (QED) is 0.842. The van der Waals surface area contributed by atoms with Crippen molar-refractivity contribution in [2.75, 3.05) is 5.75 Å². The van der Waals surface area contributed by atoms with Crippen molar-refractivity contribution in [1.82, 2.24) is 14.7 Å². The molecule has 2 rings (SSSR count). The summed E-state index contributed by atoms with van der Waals surface area (Å²) in [6.07, 6.45) is 1.89. The highest BCUT2D eigenvalue weighted by molar-refractivity contribution is 7.99. The van der Waals surface area contributed by atoms with Crippen molar-refractivity contribution in [3.05, 3.63) is 33.2 Å². The molecule has 0 atom stereocenters. The van der Waals surface area contributed by atoms with Gasteiger partial charge < -0.3 is 5.32 Å². The van der Waals surface area contributed by atoms with Crippen molar-refractivity contribution in [3.63, 3.8) is 0 Å². The number of hydrogen-bond donors (Lipinski definition) is 1. The summed E-state index contributed by atoms with van der Waals surface area (Å²) in [7, 11) is 0. The molecule has 0 aliphatic heterocycles. The molecule has 0 fully saturated rings. The standard InChI is InChI=1S/C15H21N3O2S2/c1-4-11(5-2)16-13(19)9-21-8-12-6-14(20)18-10(3)7-22-15(18)17-12/h6-7,11H,4-5,8-9H2,1-3H3,(H,16,19). The third-order valence-electron chi connectivity index (χ3n) is 3.46. The number of aryl methyl sites for hydroxylation is 1. The number of fused-ring (bicyclic) bond motifs is 1. The summed E-state index contributed by atoms with van der Waals surface area (Å²) in [4.78, 5) is 29.1. The van der Waals surface area contributed by atoms with E-state index in [0.29, 0.717) is 16.5 Å². The highest BCUT2D eigenvalue weighted by Crippen LogP contribution is 2.14. The number of thioether (sulfide) groups is 1. The van der Waals surface area contributed by atoms with Gasteiger partial charge in [-0.25, -0.2) is 4.98 Å². The number of thiazole rings is 1. The maximum Gasteiger partial charge on any atom is 0.258 e. The summed E-state index contributed by atoms with van der Waals surface area (Å²) in [5.74, 6) is 1.00. The summed E-state index contributed by atoms with van der Waals surface area (Å²) in [6.45, 7) is 6.03. The summed E-state index contributed by atoms with van der Waals surface area (Å²) in [5, 5.41) is 4.92. The predicted molar refractivity (Wildman–Crippen MR) is 92.8 cm³/mol. The fraction of sp³-hybridized carbons (Fsp3) is 0.533. The Hall–Kier alpha value is -1.34. The van der Waals surface area contributed by atoms with Gasteiger partial charge in [-0.2, -0.15) is 0 Å². The minimum Gasteiger partial charge on any atom is -0.353 e. The third-order valence-corrected chi connectivity index (χ3v) is 5.37. The summed E-state index contributed by atoms with van der Waals surface area (Å²) in [5.41, 5.74) is 1.58. The second-order valence-corrected chi connectivity index (χ2v) is 6.98. The number of aromatic nitrogens is 2. The topological polar surface area (TPSA) is 63.5 Å². The molecule has 2 aromatic rings. The van der Waals surface area contributed by atoms with Gasteiger partial charge in [-0.15, -0.1) is 23.1 Å². The number of nitrogens with zero attached hydrogens (tertiary/aromatic N) is 2. The number of carbonyl (C=O) groups is 1. The molecule has 0 aliphatic rings. The van der Waals surface area contributed by atoms with Gasteiger partial charge in [0.1, 0.15) is 0 Å². The molecular formula is C15H21N3O2S2. The Morgan fingerprint density at radius 2 is 2.18 bits per heavy atom. The van der Waals surface area contributed by atoms with Crippen LogP contribution in [0.5, 0.6) is 0 Å². The highest BCUT2D eigenvalue weighted by Gasteiger charge is 2.10. The van der Waals surface area contributed by atoms with E-state index >= 15 is 0 Å². The lowest BCUT2D eigenvalue weighted by Crippen LogP contribution is -2.35. The van der Waals surface area contributed by atoms with Gasteiger partial charge in [0.2, 0.25) is 5.91 Å². The molecule has 2 heterocycles. The molecule has 0 aliphatic carbocycles. The molecule has 0 saturated heterocycles. The van der Waals surface area contributed by atoms with Crippen molar-refractivity contribution >= 4 is 34.0 Å². The normalized spacial score (nSPS) is 11.3. The average molecular weight is 339 g/mol. The molecule has 5 nitrogen and oxygen atoms in total. The SMILES string of the molecule is CCC(CC)NC(=O)CSCc1cc(=O)n2c(C)csc2n1. The van der Waals surface area contributed by atoms with E-state index in [1.54, 1.807) is 10.5 Å². The minimum absolute atomic E-state index is 0.0449. The lowest BCUT2D eigenvalue weighted by atomic mass is 10.2. The van der Waals surface area contributed by atoms with Gasteiger partial charge in [-0.3, -0.25) is 14.0 Å². The van der Waals surface area contributed by atoms with Gasteiger partial charge in [0, 0.05) is 28.9 Å². The van der Waals surface area contributed by atoms with E-state index in [2.05, 4.69) is 24.1 Å². The van der Waals surface area contributed by atoms with E-state index in [1.165, 1.54) is 23.1 Å². The number of amides is 1. The number of hydrogen-bond acceptors (Lipinski definition) is 5. The Kier molecular flexibility index (Phi) is 6.02. The average Bonchev–Trinajstić information content (AvgIpc) is 2.86. The summed E-state index contributed by atoms with van der Waals surface area (Å²) >= 11 is 2.94. The van der Waals surface area contributed by atoms with Gasteiger partial charge in [-0.1, -0.05) is 13.8 Å². The lowest BCUT2D eigenvalue weighted by molar-refractivity contribution is -0.119. The van der Waals surface area contributed by atoms with Gasteiger partial charge in [0.15, 0.2) is 4.96 Å². The molecule has 120 valence electrons. The Morgan fingerprint density at radius 3 is 2.86 bits per heavy atom. The smallest absolute Gasteiger partial charge is 0.258 e. The number of nitrogens with one attached hydrogen (secondary N) is 1. The Balaban J connectivity index is 1.92.